The van der Waals surface area contributed by atoms with E-state index in [0.29, 0.717) is 28.8 Å². The highest BCUT2D eigenvalue weighted by atomic mass is 35.5. The molecule has 0 atom stereocenters. The van der Waals surface area contributed by atoms with E-state index >= 15 is 0 Å². The maximum Gasteiger partial charge on any atom is 0.264 e. The van der Waals surface area contributed by atoms with Crippen LogP contribution < -0.4 is 19.1 Å². The maximum atomic E-state index is 13.6. The monoisotopic (exact) mass is 548 g/mol. The van der Waals surface area contributed by atoms with Gasteiger partial charge in [0.2, 0.25) is 5.91 Å². The van der Waals surface area contributed by atoms with Gasteiger partial charge in [-0.15, -0.1) is 0 Å². The summed E-state index contributed by atoms with van der Waals surface area (Å²) in [7, 11) is -1.17. The standard InChI is InChI=1S/C26H29ClN2O5S2/c1-19-7-9-22(10-8-19)29(36(31,32)23-11-12-24(33-2)25(16-23)34-3)17-26(30)28-13-14-35-18-20-5-4-6-21(27)15-20/h4-12,15-16H,13-14,17-18H2,1-3H3,(H,28,30). The zero-order valence-electron chi connectivity index (χ0n) is 20.4. The number of hydrogen-bond donors (Lipinski definition) is 1. The van der Waals surface area contributed by atoms with Crippen molar-refractivity contribution in [3.05, 3.63) is 82.9 Å². The number of nitrogens with zero attached hydrogens (tertiary/aromatic N) is 1. The van der Waals surface area contributed by atoms with Crippen LogP contribution in [-0.4, -0.2) is 47.4 Å². The van der Waals surface area contributed by atoms with Crippen molar-refractivity contribution >= 4 is 45.0 Å². The largest absolute Gasteiger partial charge is 0.493 e. The van der Waals surface area contributed by atoms with Gasteiger partial charge in [0.15, 0.2) is 11.5 Å². The van der Waals surface area contributed by atoms with Gasteiger partial charge in [0, 0.05) is 29.1 Å². The average molecular weight is 549 g/mol. The lowest BCUT2D eigenvalue weighted by atomic mass is 10.2. The Labute approximate surface area is 221 Å². The summed E-state index contributed by atoms with van der Waals surface area (Å²) in [6, 6.07) is 18.9. The third-order valence-corrected chi connectivity index (χ3v) is 8.31. The Kier molecular flexibility index (Phi) is 9.92. The van der Waals surface area contributed by atoms with E-state index < -0.39 is 15.9 Å². The highest BCUT2D eigenvalue weighted by Crippen LogP contribution is 2.32. The number of aryl methyl sites for hydroxylation is 1. The molecule has 192 valence electrons. The number of nitrogens with one attached hydrogen (secondary N) is 1. The normalized spacial score (nSPS) is 11.1. The van der Waals surface area contributed by atoms with Gasteiger partial charge in [-0.2, -0.15) is 11.8 Å². The van der Waals surface area contributed by atoms with Crippen LogP contribution in [0.25, 0.3) is 0 Å². The van der Waals surface area contributed by atoms with Crippen molar-refractivity contribution in [2.45, 2.75) is 17.6 Å². The molecule has 0 spiro atoms. The fourth-order valence-electron chi connectivity index (χ4n) is 3.40. The molecular formula is C26H29ClN2O5S2. The summed E-state index contributed by atoms with van der Waals surface area (Å²) in [6.45, 7) is 1.95. The number of benzene rings is 3. The molecule has 7 nitrogen and oxygen atoms in total. The summed E-state index contributed by atoms with van der Waals surface area (Å²) in [5.41, 5.74) is 2.47. The van der Waals surface area contributed by atoms with Gasteiger partial charge < -0.3 is 14.8 Å². The van der Waals surface area contributed by atoms with Gasteiger partial charge in [-0.3, -0.25) is 9.10 Å². The summed E-state index contributed by atoms with van der Waals surface area (Å²) in [4.78, 5) is 12.8. The van der Waals surface area contributed by atoms with Gasteiger partial charge in [0.1, 0.15) is 6.54 Å². The van der Waals surface area contributed by atoms with Crippen molar-refractivity contribution in [3.8, 4) is 11.5 Å². The molecule has 1 amide bonds. The molecule has 3 aromatic carbocycles. The molecule has 0 aliphatic heterocycles. The van der Waals surface area contributed by atoms with E-state index in [0.717, 1.165) is 21.2 Å². The van der Waals surface area contributed by atoms with Crippen LogP contribution >= 0.6 is 23.4 Å². The van der Waals surface area contributed by atoms with Crippen LogP contribution in [0.3, 0.4) is 0 Å². The smallest absolute Gasteiger partial charge is 0.264 e. The van der Waals surface area contributed by atoms with Crippen molar-refractivity contribution in [1.29, 1.82) is 0 Å². The van der Waals surface area contributed by atoms with Gasteiger partial charge in [-0.05, 0) is 48.9 Å². The number of rotatable bonds is 12. The number of anilines is 1. The zero-order chi connectivity index (χ0) is 26.1. The van der Waals surface area contributed by atoms with Crippen molar-refractivity contribution in [2.75, 3.05) is 37.4 Å². The molecule has 0 saturated carbocycles. The van der Waals surface area contributed by atoms with Crippen LogP contribution in [-0.2, 0) is 20.6 Å². The first-order chi connectivity index (χ1) is 17.2. The van der Waals surface area contributed by atoms with Gasteiger partial charge >= 0.3 is 0 Å². The highest BCUT2D eigenvalue weighted by molar-refractivity contribution is 7.98. The number of carbonyl (C=O) groups is 1. The molecule has 0 saturated heterocycles. The minimum absolute atomic E-state index is 0.00870. The van der Waals surface area contributed by atoms with E-state index in [4.69, 9.17) is 21.1 Å². The Morgan fingerprint density at radius 1 is 1.00 bits per heavy atom. The van der Waals surface area contributed by atoms with Crippen LogP contribution in [0.4, 0.5) is 5.69 Å². The first-order valence-electron chi connectivity index (χ1n) is 11.1. The van der Waals surface area contributed by atoms with Crippen LogP contribution in [0.2, 0.25) is 5.02 Å². The molecule has 0 aliphatic rings. The van der Waals surface area contributed by atoms with E-state index in [1.165, 1.54) is 32.4 Å². The molecule has 0 heterocycles. The van der Waals surface area contributed by atoms with Gasteiger partial charge in [0.05, 0.1) is 24.8 Å². The SMILES string of the molecule is COc1ccc(S(=O)(=O)N(CC(=O)NCCSCc2cccc(Cl)c2)c2ccc(C)cc2)cc1OC. The second-order valence-corrected chi connectivity index (χ2v) is 11.3. The molecule has 0 fully saturated rings. The van der Waals surface area contributed by atoms with Crippen LogP contribution in [0.15, 0.2) is 71.6 Å². The van der Waals surface area contributed by atoms with Crippen LogP contribution in [0.1, 0.15) is 11.1 Å². The molecule has 10 heteroatoms. The van der Waals surface area contributed by atoms with Crippen molar-refractivity contribution in [2.24, 2.45) is 0 Å². The summed E-state index contributed by atoms with van der Waals surface area (Å²) in [6.07, 6.45) is 0. The van der Waals surface area contributed by atoms with Crippen molar-refractivity contribution in [1.82, 2.24) is 5.32 Å². The average Bonchev–Trinajstić information content (AvgIpc) is 2.87. The van der Waals surface area contributed by atoms with Crippen LogP contribution in [0, 0.1) is 6.92 Å². The van der Waals surface area contributed by atoms with Gasteiger partial charge in [0.25, 0.3) is 10.0 Å². The van der Waals surface area contributed by atoms with Crippen LogP contribution in [0.5, 0.6) is 11.5 Å². The number of thioether (sulfide) groups is 1. The predicted molar refractivity (Wildman–Crippen MR) is 146 cm³/mol. The number of sulfonamides is 1. The fraction of sp³-hybridized carbons (Fsp3) is 0.269. The second-order valence-electron chi connectivity index (χ2n) is 7.90. The highest BCUT2D eigenvalue weighted by Gasteiger charge is 2.28. The number of amides is 1. The molecule has 0 unspecified atom stereocenters. The van der Waals surface area contributed by atoms with E-state index in [1.54, 1.807) is 36.0 Å². The van der Waals surface area contributed by atoms with Gasteiger partial charge in [-0.25, -0.2) is 8.42 Å². The fourth-order valence-corrected chi connectivity index (χ4v) is 5.85. The third-order valence-electron chi connectivity index (χ3n) is 5.28. The topological polar surface area (TPSA) is 84.9 Å². The third kappa shape index (κ3) is 7.32. The summed E-state index contributed by atoms with van der Waals surface area (Å²) in [5, 5.41) is 3.51. The zero-order valence-corrected chi connectivity index (χ0v) is 22.8. The molecule has 0 radical (unpaired) electrons. The molecule has 0 aromatic heterocycles. The molecule has 0 bridgehead atoms. The Hall–Kier alpha value is -2.88. The van der Waals surface area contributed by atoms with E-state index in [-0.39, 0.29) is 17.2 Å². The lowest BCUT2D eigenvalue weighted by Crippen LogP contribution is -2.41. The Bertz CT molecular complexity index is 1280. The second kappa shape index (κ2) is 12.9. The molecule has 1 N–H and O–H groups in total. The maximum absolute atomic E-state index is 13.6. The Morgan fingerprint density at radius 3 is 2.39 bits per heavy atom. The quantitative estimate of drug-likeness (QED) is 0.324. The molecule has 0 aliphatic carbocycles. The first kappa shape index (κ1) is 27.7. The number of methoxy groups -OCH3 is 2. The van der Waals surface area contributed by atoms with Gasteiger partial charge in [-0.1, -0.05) is 41.4 Å². The number of ether oxygens (including phenoxy) is 2. The van der Waals surface area contributed by atoms with Crippen molar-refractivity contribution < 1.29 is 22.7 Å². The molecule has 3 rings (SSSR count). The lowest BCUT2D eigenvalue weighted by Gasteiger charge is -2.24. The molecule has 3 aromatic rings. The Morgan fingerprint density at radius 2 is 1.72 bits per heavy atom. The van der Waals surface area contributed by atoms with E-state index in [1.807, 2.05) is 31.2 Å². The minimum atomic E-state index is -4.08. The summed E-state index contributed by atoms with van der Waals surface area (Å²) in [5.74, 6) is 1.73. The number of carbonyl (C=O) groups excluding carboxylic acids is 1. The van der Waals surface area contributed by atoms with E-state index in [9.17, 15) is 13.2 Å². The first-order valence-corrected chi connectivity index (χ1v) is 14.1. The molecule has 36 heavy (non-hydrogen) atoms. The summed E-state index contributed by atoms with van der Waals surface area (Å²) < 4.78 is 38.8. The van der Waals surface area contributed by atoms with E-state index in [2.05, 4.69) is 5.32 Å². The molecular weight excluding hydrogens is 520 g/mol. The number of halogens is 1. The Balaban J connectivity index is 1.71. The number of hydrogen-bond acceptors (Lipinski definition) is 6. The van der Waals surface area contributed by atoms with Crippen molar-refractivity contribution in [3.63, 3.8) is 0 Å². The summed E-state index contributed by atoms with van der Waals surface area (Å²) >= 11 is 7.67. The minimum Gasteiger partial charge on any atom is -0.493 e. The predicted octanol–water partition coefficient (Wildman–Crippen LogP) is 4.91. The lowest BCUT2D eigenvalue weighted by molar-refractivity contribution is -0.119.